The van der Waals surface area contributed by atoms with E-state index in [9.17, 15) is 9.50 Å². The van der Waals surface area contributed by atoms with E-state index in [-0.39, 0.29) is 5.02 Å². The monoisotopic (exact) mass is 334 g/mol. The van der Waals surface area contributed by atoms with Crippen LogP contribution in [0.4, 0.5) is 4.39 Å². The highest BCUT2D eigenvalue weighted by Gasteiger charge is 2.16. The van der Waals surface area contributed by atoms with Gasteiger partial charge in [0, 0.05) is 21.3 Å². The van der Waals surface area contributed by atoms with E-state index in [0.717, 1.165) is 9.35 Å². The summed E-state index contributed by atoms with van der Waals surface area (Å²) in [6, 6.07) is 6.38. The molecule has 1 N–H and O–H groups in total. The summed E-state index contributed by atoms with van der Waals surface area (Å²) in [5.41, 5.74) is 0.423. The number of aliphatic hydroxyl groups is 1. The standard InChI is InChI=1S/C12H9BrClFOS/c13-8-4-5-17-11(8)6-10(16)7-2-1-3-9(15)12(7)14/h1-5,10,16H,6H2. The van der Waals surface area contributed by atoms with Gasteiger partial charge in [0.2, 0.25) is 0 Å². The molecule has 0 aliphatic heterocycles. The fraction of sp³-hybridized carbons (Fsp3) is 0.167. The summed E-state index contributed by atoms with van der Waals surface area (Å²) in [4.78, 5) is 1.01. The molecule has 1 nitrogen and oxygen atoms in total. The molecule has 90 valence electrons. The van der Waals surface area contributed by atoms with Crippen molar-refractivity contribution in [1.29, 1.82) is 0 Å². The van der Waals surface area contributed by atoms with Crippen LogP contribution < -0.4 is 0 Å². The molecule has 2 aromatic rings. The largest absolute Gasteiger partial charge is 0.388 e. The molecule has 1 atom stereocenters. The Morgan fingerprint density at radius 2 is 2.18 bits per heavy atom. The number of rotatable bonds is 3. The second-order valence-electron chi connectivity index (χ2n) is 3.55. The van der Waals surface area contributed by atoms with Crippen LogP contribution in [-0.4, -0.2) is 5.11 Å². The minimum absolute atomic E-state index is 0.00678. The van der Waals surface area contributed by atoms with Crippen molar-refractivity contribution in [1.82, 2.24) is 0 Å². The molecule has 0 saturated carbocycles. The molecule has 0 aliphatic rings. The highest BCUT2D eigenvalue weighted by Crippen LogP contribution is 2.31. The van der Waals surface area contributed by atoms with Gasteiger partial charge in [-0.15, -0.1) is 11.3 Å². The first-order chi connectivity index (χ1) is 8.09. The van der Waals surface area contributed by atoms with E-state index >= 15 is 0 Å². The van der Waals surface area contributed by atoms with Gasteiger partial charge in [-0.3, -0.25) is 0 Å². The number of hydrogen-bond acceptors (Lipinski definition) is 2. The van der Waals surface area contributed by atoms with Gasteiger partial charge in [0.05, 0.1) is 11.1 Å². The van der Waals surface area contributed by atoms with Crippen LogP contribution in [0.5, 0.6) is 0 Å². The summed E-state index contributed by atoms with van der Waals surface area (Å²) in [6.07, 6.45) is -0.380. The Morgan fingerprint density at radius 1 is 1.41 bits per heavy atom. The molecule has 1 heterocycles. The lowest BCUT2D eigenvalue weighted by atomic mass is 10.1. The molecule has 0 amide bonds. The maximum absolute atomic E-state index is 13.2. The van der Waals surface area contributed by atoms with Crippen LogP contribution in [0.2, 0.25) is 5.02 Å². The molecule has 2 rings (SSSR count). The second kappa shape index (κ2) is 5.48. The quantitative estimate of drug-likeness (QED) is 0.870. The topological polar surface area (TPSA) is 20.2 Å². The van der Waals surface area contributed by atoms with E-state index in [0.29, 0.717) is 12.0 Å². The molecule has 17 heavy (non-hydrogen) atoms. The van der Waals surface area contributed by atoms with E-state index in [1.165, 1.54) is 17.4 Å². The average Bonchev–Trinajstić information content (AvgIpc) is 2.68. The second-order valence-corrected chi connectivity index (χ2v) is 5.79. The van der Waals surface area contributed by atoms with Gasteiger partial charge in [0.1, 0.15) is 5.82 Å². The number of benzene rings is 1. The Hall–Kier alpha value is -0.420. The molecule has 0 saturated heterocycles. The third-order valence-corrected chi connectivity index (χ3v) is 4.76. The third kappa shape index (κ3) is 2.88. The van der Waals surface area contributed by atoms with Gasteiger partial charge in [-0.2, -0.15) is 0 Å². The molecule has 1 aromatic carbocycles. The van der Waals surface area contributed by atoms with Crippen LogP contribution in [0.15, 0.2) is 34.1 Å². The summed E-state index contributed by atoms with van der Waals surface area (Å²) in [5, 5.41) is 12.0. The van der Waals surface area contributed by atoms with Gasteiger partial charge in [-0.25, -0.2) is 4.39 Å². The number of hydrogen-bond donors (Lipinski definition) is 1. The van der Waals surface area contributed by atoms with Gasteiger partial charge in [0.25, 0.3) is 0 Å². The predicted molar refractivity (Wildman–Crippen MR) is 72.1 cm³/mol. The Balaban J connectivity index is 2.23. The number of thiophene rings is 1. The minimum atomic E-state index is -0.798. The fourth-order valence-electron chi connectivity index (χ4n) is 1.53. The van der Waals surface area contributed by atoms with Crippen LogP contribution in [0.1, 0.15) is 16.5 Å². The van der Waals surface area contributed by atoms with E-state index in [1.807, 2.05) is 11.4 Å². The summed E-state index contributed by atoms with van der Waals surface area (Å²) < 4.78 is 14.2. The zero-order chi connectivity index (χ0) is 12.4. The number of halogens is 3. The molecule has 1 unspecified atom stereocenters. The Kier molecular flexibility index (Phi) is 4.20. The smallest absolute Gasteiger partial charge is 0.142 e. The van der Waals surface area contributed by atoms with E-state index in [2.05, 4.69) is 15.9 Å². The van der Waals surface area contributed by atoms with Crippen LogP contribution in [0.3, 0.4) is 0 Å². The summed E-state index contributed by atoms with van der Waals surface area (Å²) in [7, 11) is 0. The molecular formula is C12H9BrClFOS. The van der Waals surface area contributed by atoms with Gasteiger partial charge >= 0.3 is 0 Å². The maximum Gasteiger partial charge on any atom is 0.142 e. The first-order valence-corrected chi connectivity index (χ1v) is 6.98. The van der Waals surface area contributed by atoms with Crippen LogP contribution in [-0.2, 0) is 6.42 Å². The normalized spacial score (nSPS) is 12.7. The van der Waals surface area contributed by atoms with Crippen LogP contribution >= 0.6 is 38.9 Å². The van der Waals surface area contributed by atoms with Gasteiger partial charge < -0.3 is 5.11 Å². The van der Waals surface area contributed by atoms with Crippen molar-refractivity contribution >= 4 is 38.9 Å². The summed E-state index contributed by atoms with van der Waals surface area (Å²) in [5.74, 6) is -0.506. The van der Waals surface area contributed by atoms with Crippen molar-refractivity contribution in [2.24, 2.45) is 0 Å². The zero-order valence-corrected chi connectivity index (χ0v) is 11.8. The first-order valence-electron chi connectivity index (χ1n) is 4.93. The Morgan fingerprint density at radius 3 is 2.82 bits per heavy atom. The lowest BCUT2D eigenvalue weighted by Crippen LogP contribution is -2.02. The van der Waals surface area contributed by atoms with Gasteiger partial charge in [0.15, 0.2) is 0 Å². The van der Waals surface area contributed by atoms with Crippen LogP contribution in [0, 0.1) is 5.82 Å². The molecule has 0 bridgehead atoms. The van der Waals surface area contributed by atoms with Crippen molar-refractivity contribution in [3.05, 3.63) is 55.4 Å². The lowest BCUT2D eigenvalue weighted by molar-refractivity contribution is 0.179. The molecule has 1 aromatic heterocycles. The Labute approximate surface area is 116 Å². The van der Waals surface area contributed by atoms with E-state index in [1.54, 1.807) is 12.1 Å². The molecular weight excluding hydrogens is 327 g/mol. The van der Waals surface area contributed by atoms with Gasteiger partial charge in [-0.05, 0) is 33.4 Å². The van der Waals surface area contributed by atoms with Crippen molar-refractivity contribution in [3.63, 3.8) is 0 Å². The molecule has 0 radical (unpaired) electrons. The highest BCUT2D eigenvalue weighted by molar-refractivity contribution is 9.10. The molecule has 5 heteroatoms. The van der Waals surface area contributed by atoms with Gasteiger partial charge in [-0.1, -0.05) is 23.7 Å². The van der Waals surface area contributed by atoms with Crippen molar-refractivity contribution in [2.45, 2.75) is 12.5 Å². The van der Waals surface area contributed by atoms with Crippen molar-refractivity contribution in [3.8, 4) is 0 Å². The molecule has 0 spiro atoms. The third-order valence-electron chi connectivity index (χ3n) is 2.41. The first kappa shape index (κ1) is 13.0. The maximum atomic E-state index is 13.2. The lowest BCUT2D eigenvalue weighted by Gasteiger charge is -2.12. The predicted octanol–water partition coefficient (Wildman–Crippen LogP) is 4.58. The average molecular weight is 336 g/mol. The Bertz CT molecular complexity index is 529. The van der Waals surface area contributed by atoms with Crippen LogP contribution in [0.25, 0.3) is 0 Å². The molecule has 0 fully saturated rings. The van der Waals surface area contributed by atoms with E-state index in [4.69, 9.17) is 11.6 Å². The minimum Gasteiger partial charge on any atom is -0.388 e. The van der Waals surface area contributed by atoms with E-state index < -0.39 is 11.9 Å². The summed E-state index contributed by atoms with van der Waals surface area (Å²) >= 11 is 10.8. The fourth-order valence-corrected chi connectivity index (χ4v) is 3.34. The SMILES string of the molecule is OC(Cc1sccc1Br)c1cccc(F)c1Cl. The zero-order valence-electron chi connectivity index (χ0n) is 8.66. The molecule has 0 aliphatic carbocycles. The van der Waals surface area contributed by atoms with Crippen molar-refractivity contribution in [2.75, 3.05) is 0 Å². The number of aliphatic hydroxyl groups excluding tert-OH is 1. The van der Waals surface area contributed by atoms with Crippen molar-refractivity contribution < 1.29 is 9.50 Å². The summed E-state index contributed by atoms with van der Waals surface area (Å²) in [6.45, 7) is 0. The highest BCUT2D eigenvalue weighted by atomic mass is 79.9.